The van der Waals surface area contributed by atoms with E-state index < -0.39 is 10.1 Å². The molecule has 0 bridgehead atoms. The van der Waals surface area contributed by atoms with E-state index >= 15 is 0 Å². The molecule has 0 saturated heterocycles. The van der Waals surface area contributed by atoms with E-state index in [0.717, 1.165) is 24.8 Å². The van der Waals surface area contributed by atoms with Crippen LogP contribution in [0.25, 0.3) is 0 Å². The maximum Gasteiger partial charge on any atom is 1.00 e. The Morgan fingerprint density at radius 3 is 2.25 bits per heavy atom. The Balaban J connectivity index is 0.00000392. The van der Waals surface area contributed by atoms with Gasteiger partial charge >= 0.3 is 29.6 Å². The molecule has 2 rings (SSSR count). The Morgan fingerprint density at radius 1 is 0.929 bits per heavy atom. The van der Waals surface area contributed by atoms with Crippen LogP contribution in [0.3, 0.4) is 0 Å². The van der Waals surface area contributed by atoms with Crippen molar-refractivity contribution in [3.63, 3.8) is 0 Å². The van der Waals surface area contributed by atoms with Crippen LogP contribution in [0.2, 0.25) is 0 Å². The minimum Gasteiger partial charge on any atom is -0.872 e. The summed E-state index contributed by atoms with van der Waals surface area (Å²) in [5.41, 5.74) is 0.855. The fourth-order valence-corrected chi connectivity index (χ4v) is 3.59. The van der Waals surface area contributed by atoms with Crippen LogP contribution in [-0.4, -0.2) is 13.0 Å². The standard InChI is InChI=1S/C21H28O5S.Na/c1-2-3-4-5-6-7-8-11-17-14-15-18(22)16-20(17)26-19-12-9-10-13-21(19)27(23,24)25;/h9-10,12-16,22H,2-8,11H2,1H3,(H,23,24,25);/q;+1/p-1. The molecule has 7 heteroatoms. The summed E-state index contributed by atoms with van der Waals surface area (Å²) in [6, 6.07) is 10.4. The average molecular weight is 414 g/mol. The van der Waals surface area contributed by atoms with Crippen molar-refractivity contribution >= 4 is 10.1 Å². The Labute approximate surface area is 190 Å². The zero-order valence-electron chi connectivity index (χ0n) is 16.7. The SMILES string of the molecule is CCCCCCCCCc1ccc([O-])cc1Oc1ccccc1S(=O)(=O)O.[Na+]. The number of benzene rings is 2. The van der Waals surface area contributed by atoms with Gasteiger partial charge in [-0.3, -0.25) is 4.55 Å². The monoisotopic (exact) mass is 414 g/mol. The van der Waals surface area contributed by atoms with E-state index in [-0.39, 0.29) is 46.0 Å². The average Bonchev–Trinajstić information content (AvgIpc) is 2.62. The zero-order valence-corrected chi connectivity index (χ0v) is 19.5. The van der Waals surface area contributed by atoms with Crippen molar-refractivity contribution in [1.82, 2.24) is 0 Å². The third-order valence-corrected chi connectivity index (χ3v) is 5.33. The number of rotatable bonds is 11. The molecule has 0 aromatic heterocycles. The van der Waals surface area contributed by atoms with Gasteiger partial charge in [-0.15, -0.1) is 5.75 Å². The Kier molecular flexibility index (Phi) is 11.2. The van der Waals surface area contributed by atoms with E-state index in [9.17, 15) is 18.1 Å². The van der Waals surface area contributed by atoms with Crippen LogP contribution in [0.1, 0.15) is 57.4 Å². The van der Waals surface area contributed by atoms with Crippen LogP contribution in [0.5, 0.6) is 17.2 Å². The third kappa shape index (κ3) is 8.13. The van der Waals surface area contributed by atoms with Gasteiger partial charge in [0.25, 0.3) is 10.1 Å². The summed E-state index contributed by atoms with van der Waals surface area (Å²) in [6.45, 7) is 2.20. The summed E-state index contributed by atoms with van der Waals surface area (Å²) in [7, 11) is -4.41. The smallest absolute Gasteiger partial charge is 0.872 e. The van der Waals surface area contributed by atoms with E-state index in [1.807, 2.05) is 0 Å². The largest absolute Gasteiger partial charge is 1.00 e. The van der Waals surface area contributed by atoms with Gasteiger partial charge in [0.15, 0.2) is 0 Å². The second-order valence-electron chi connectivity index (χ2n) is 6.66. The Hall–Kier alpha value is -1.05. The van der Waals surface area contributed by atoms with Gasteiger partial charge in [0.1, 0.15) is 16.4 Å². The molecule has 0 aliphatic heterocycles. The molecule has 0 atom stereocenters. The number of ether oxygens (including phenoxy) is 1. The predicted octanol–water partition coefficient (Wildman–Crippen LogP) is 2.10. The first-order chi connectivity index (χ1) is 12.9. The van der Waals surface area contributed by atoms with Gasteiger partial charge in [0.05, 0.1) is 0 Å². The molecule has 2 aromatic rings. The topological polar surface area (TPSA) is 86.7 Å². The fraction of sp³-hybridized carbons (Fsp3) is 0.429. The zero-order chi connectivity index (χ0) is 19.7. The molecule has 0 aliphatic carbocycles. The van der Waals surface area contributed by atoms with Gasteiger partial charge in [0, 0.05) is 0 Å². The molecule has 5 nitrogen and oxygen atoms in total. The van der Waals surface area contributed by atoms with Crippen molar-refractivity contribution in [2.45, 2.75) is 63.2 Å². The van der Waals surface area contributed by atoms with Crippen molar-refractivity contribution in [2.75, 3.05) is 0 Å². The Bertz CT molecular complexity index is 836. The molecular formula is C21H27NaO5S. The van der Waals surface area contributed by atoms with Crippen molar-refractivity contribution in [2.24, 2.45) is 0 Å². The first kappa shape index (κ1) is 25.0. The molecule has 0 amide bonds. The normalized spacial score (nSPS) is 11.1. The van der Waals surface area contributed by atoms with Crippen LogP contribution >= 0.6 is 0 Å². The molecule has 2 aromatic carbocycles. The van der Waals surface area contributed by atoms with Crippen LogP contribution in [-0.2, 0) is 16.5 Å². The summed E-state index contributed by atoms with van der Waals surface area (Å²) in [6.07, 6.45) is 9.01. The molecule has 0 heterocycles. The van der Waals surface area contributed by atoms with Gasteiger partial charge in [-0.2, -0.15) is 8.42 Å². The van der Waals surface area contributed by atoms with Gasteiger partial charge in [-0.05, 0) is 36.6 Å². The van der Waals surface area contributed by atoms with Gasteiger partial charge < -0.3 is 9.84 Å². The van der Waals surface area contributed by atoms with E-state index in [1.165, 1.54) is 62.4 Å². The van der Waals surface area contributed by atoms with E-state index in [2.05, 4.69) is 6.92 Å². The third-order valence-electron chi connectivity index (χ3n) is 4.44. The van der Waals surface area contributed by atoms with Crippen molar-refractivity contribution in [3.05, 3.63) is 48.0 Å². The number of para-hydroxylation sites is 1. The van der Waals surface area contributed by atoms with E-state index in [0.29, 0.717) is 5.75 Å². The molecule has 0 aliphatic rings. The van der Waals surface area contributed by atoms with Gasteiger partial charge in [0.2, 0.25) is 0 Å². The molecular weight excluding hydrogens is 387 g/mol. The first-order valence-corrected chi connectivity index (χ1v) is 10.9. The van der Waals surface area contributed by atoms with Crippen molar-refractivity contribution < 1.29 is 52.4 Å². The van der Waals surface area contributed by atoms with Crippen molar-refractivity contribution in [1.29, 1.82) is 0 Å². The van der Waals surface area contributed by atoms with E-state index in [1.54, 1.807) is 12.1 Å². The maximum atomic E-state index is 11.7. The van der Waals surface area contributed by atoms with Crippen LogP contribution in [0.15, 0.2) is 47.4 Å². The second kappa shape index (κ2) is 12.5. The maximum absolute atomic E-state index is 11.7. The van der Waals surface area contributed by atoms with Crippen LogP contribution in [0.4, 0.5) is 0 Å². The minimum atomic E-state index is -4.41. The molecule has 148 valence electrons. The van der Waals surface area contributed by atoms with Crippen LogP contribution in [0, 0.1) is 0 Å². The minimum absolute atomic E-state index is 0. The summed E-state index contributed by atoms with van der Waals surface area (Å²) >= 11 is 0. The molecule has 0 spiro atoms. The summed E-state index contributed by atoms with van der Waals surface area (Å²) in [5.74, 6) is 0.133. The Morgan fingerprint density at radius 2 is 1.57 bits per heavy atom. The number of unbranched alkanes of at least 4 members (excludes halogenated alkanes) is 6. The fourth-order valence-electron chi connectivity index (χ4n) is 2.98. The van der Waals surface area contributed by atoms with Gasteiger partial charge in [-0.1, -0.05) is 69.7 Å². The van der Waals surface area contributed by atoms with Gasteiger partial charge in [-0.25, -0.2) is 0 Å². The second-order valence-corrected chi connectivity index (χ2v) is 8.05. The molecule has 28 heavy (non-hydrogen) atoms. The number of hydrogen-bond donors (Lipinski definition) is 1. The molecule has 0 saturated carbocycles. The molecule has 0 radical (unpaired) electrons. The number of aryl methyl sites for hydroxylation is 1. The molecule has 1 N–H and O–H groups in total. The van der Waals surface area contributed by atoms with E-state index in [4.69, 9.17) is 4.74 Å². The van der Waals surface area contributed by atoms with Crippen molar-refractivity contribution in [3.8, 4) is 17.2 Å². The number of hydrogen-bond acceptors (Lipinski definition) is 4. The van der Waals surface area contributed by atoms with Crippen LogP contribution < -0.4 is 39.4 Å². The quantitative estimate of drug-likeness (QED) is 0.346. The first-order valence-electron chi connectivity index (χ1n) is 9.46. The predicted molar refractivity (Wildman–Crippen MR) is 104 cm³/mol. The summed E-state index contributed by atoms with van der Waals surface area (Å²) in [5, 5.41) is 11.7. The molecule has 0 unspecified atom stereocenters. The molecule has 0 fully saturated rings. The summed E-state index contributed by atoms with van der Waals surface area (Å²) in [4.78, 5) is -0.317. The summed E-state index contributed by atoms with van der Waals surface area (Å²) < 4.78 is 38.1.